The molecule has 1 aliphatic heterocycles. The van der Waals surface area contributed by atoms with Crippen LogP contribution < -0.4 is 4.90 Å². The molecule has 5 rings (SSSR count). The fourth-order valence-electron chi connectivity index (χ4n) is 4.35. The molecule has 7 nitrogen and oxygen atoms in total. The van der Waals surface area contributed by atoms with Crippen LogP contribution in [0.4, 0.5) is 5.13 Å². The number of benzene rings is 2. The maximum atomic E-state index is 13.0. The van der Waals surface area contributed by atoms with E-state index in [4.69, 9.17) is 4.98 Å². The van der Waals surface area contributed by atoms with Gasteiger partial charge in [0, 0.05) is 44.8 Å². The summed E-state index contributed by atoms with van der Waals surface area (Å²) in [7, 11) is -1.88. The van der Waals surface area contributed by atoms with Gasteiger partial charge in [0.25, 0.3) is 5.91 Å². The molecule has 1 saturated heterocycles. The second kappa shape index (κ2) is 8.38. The van der Waals surface area contributed by atoms with Crippen LogP contribution in [-0.2, 0) is 10.0 Å². The smallest absolute Gasteiger partial charge is 0.253 e. The molecule has 1 aliphatic carbocycles. The molecule has 1 saturated carbocycles. The minimum Gasteiger partial charge on any atom is -0.345 e. The molecular weight excluding hydrogens is 456 g/mol. The van der Waals surface area contributed by atoms with Gasteiger partial charge in [-0.3, -0.25) is 4.79 Å². The topological polar surface area (TPSA) is 73.8 Å². The number of rotatable bonds is 5. The number of thiazole rings is 1. The molecule has 0 atom stereocenters. The zero-order valence-electron chi connectivity index (χ0n) is 19.1. The largest absolute Gasteiger partial charge is 0.345 e. The molecule has 2 aliphatic rings. The van der Waals surface area contributed by atoms with Crippen molar-refractivity contribution in [3.63, 3.8) is 0 Å². The van der Waals surface area contributed by atoms with Crippen LogP contribution in [0.3, 0.4) is 0 Å². The summed E-state index contributed by atoms with van der Waals surface area (Å²) in [4.78, 5) is 22.2. The molecule has 174 valence electrons. The number of sulfonamides is 1. The molecule has 2 fully saturated rings. The molecule has 2 aromatic carbocycles. The highest BCUT2D eigenvalue weighted by Crippen LogP contribution is 2.33. The molecule has 0 radical (unpaired) electrons. The van der Waals surface area contributed by atoms with Crippen molar-refractivity contribution in [3.8, 4) is 0 Å². The van der Waals surface area contributed by atoms with E-state index in [0.717, 1.165) is 36.6 Å². The summed E-state index contributed by atoms with van der Waals surface area (Å²) in [6.45, 7) is 6.86. The highest BCUT2D eigenvalue weighted by molar-refractivity contribution is 7.89. The Hall–Kier alpha value is -2.49. The Kier molecular flexibility index (Phi) is 5.66. The summed E-state index contributed by atoms with van der Waals surface area (Å²) in [5, 5.41) is 1.00. The van der Waals surface area contributed by atoms with E-state index >= 15 is 0 Å². The SMILES string of the molecule is Cc1cc(C)c2nc(N3CCN(C(=O)c4ccc(S(=O)(=O)N(C)C5CC5)cc4)CC3)sc2c1. The number of aromatic nitrogens is 1. The number of anilines is 1. The molecule has 0 spiro atoms. The van der Waals surface area contributed by atoms with E-state index in [0.29, 0.717) is 18.7 Å². The van der Waals surface area contributed by atoms with E-state index in [1.165, 1.54) is 20.1 Å². The van der Waals surface area contributed by atoms with Gasteiger partial charge >= 0.3 is 0 Å². The fraction of sp³-hybridized carbons (Fsp3) is 0.417. The minimum atomic E-state index is -3.50. The number of carbonyl (C=O) groups is 1. The maximum Gasteiger partial charge on any atom is 0.253 e. The van der Waals surface area contributed by atoms with Gasteiger partial charge in [0.15, 0.2) is 5.13 Å². The number of piperazine rings is 1. The van der Waals surface area contributed by atoms with Crippen molar-refractivity contribution in [1.82, 2.24) is 14.2 Å². The zero-order valence-corrected chi connectivity index (χ0v) is 20.7. The van der Waals surface area contributed by atoms with Crippen LogP contribution in [-0.4, -0.2) is 67.8 Å². The Balaban J connectivity index is 1.25. The maximum absolute atomic E-state index is 13.0. The number of fused-ring (bicyclic) bond motifs is 1. The van der Waals surface area contributed by atoms with E-state index in [1.54, 1.807) is 42.6 Å². The van der Waals surface area contributed by atoms with Crippen LogP contribution in [0.5, 0.6) is 0 Å². The molecule has 3 aromatic rings. The summed E-state index contributed by atoms with van der Waals surface area (Å²) in [5.41, 5.74) is 4.00. The van der Waals surface area contributed by atoms with Crippen molar-refractivity contribution in [1.29, 1.82) is 0 Å². The molecule has 2 heterocycles. The van der Waals surface area contributed by atoms with Gasteiger partial charge in [-0.15, -0.1) is 0 Å². The van der Waals surface area contributed by atoms with Crippen molar-refractivity contribution < 1.29 is 13.2 Å². The first kappa shape index (κ1) is 22.3. The van der Waals surface area contributed by atoms with Gasteiger partial charge < -0.3 is 9.80 Å². The van der Waals surface area contributed by atoms with Gasteiger partial charge in [0.1, 0.15) is 0 Å². The number of aryl methyl sites for hydroxylation is 2. The predicted octanol–water partition coefficient (Wildman–Crippen LogP) is 3.66. The molecule has 0 N–H and O–H groups in total. The van der Waals surface area contributed by atoms with Crippen LogP contribution >= 0.6 is 11.3 Å². The summed E-state index contributed by atoms with van der Waals surface area (Å²) in [5.74, 6) is -0.0649. The van der Waals surface area contributed by atoms with Crippen LogP contribution in [0.2, 0.25) is 0 Å². The van der Waals surface area contributed by atoms with Crippen molar-refractivity contribution >= 4 is 42.6 Å². The molecular formula is C24H28N4O3S2. The van der Waals surface area contributed by atoms with Gasteiger partial charge in [-0.05, 0) is 68.1 Å². The first-order chi connectivity index (χ1) is 15.7. The second-order valence-corrected chi connectivity index (χ2v) is 12.0. The Bertz CT molecular complexity index is 1310. The first-order valence-corrected chi connectivity index (χ1v) is 13.5. The normalized spacial score (nSPS) is 17.2. The van der Waals surface area contributed by atoms with E-state index in [2.05, 4.69) is 30.9 Å². The van der Waals surface area contributed by atoms with Crippen molar-refractivity contribution in [2.75, 3.05) is 38.1 Å². The van der Waals surface area contributed by atoms with Gasteiger partial charge in [-0.2, -0.15) is 4.31 Å². The quantitative estimate of drug-likeness (QED) is 0.553. The van der Waals surface area contributed by atoms with Crippen molar-refractivity contribution in [3.05, 3.63) is 53.1 Å². The molecule has 0 bridgehead atoms. The first-order valence-electron chi connectivity index (χ1n) is 11.2. The summed E-state index contributed by atoms with van der Waals surface area (Å²) < 4.78 is 28.0. The lowest BCUT2D eigenvalue weighted by molar-refractivity contribution is 0.0746. The number of nitrogens with zero attached hydrogens (tertiary/aromatic N) is 4. The molecule has 1 aromatic heterocycles. The lowest BCUT2D eigenvalue weighted by atomic mass is 10.1. The lowest BCUT2D eigenvalue weighted by Gasteiger charge is -2.34. The van der Waals surface area contributed by atoms with Gasteiger partial charge in [-0.25, -0.2) is 13.4 Å². The van der Waals surface area contributed by atoms with Crippen LogP contribution in [0.15, 0.2) is 41.3 Å². The Labute approximate surface area is 198 Å². The Morgan fingerprint density at radius 2 is 1.73 bits per heavy atom. The van der Waals surface area contributed by atoms with Gasteiger partial charge in [-0.1, -0.05) is 17.4 Å². The molecule has 9 heteroatoms. The summed E-state index contributed by atoms with van der Waals surface area (Å²) in [6, 6.07) is 10.8. The minimum absolute atomic E-state index is 0.0649. The average Bonchev–Trinajstić information content (AvgIpc) is 3.57. The van der Waals surface area contributed by atoms with E-state index in [-0.39, 0.29) is 16.8 Å². The third kappa shape index (κ3) is 4.25. The fourth-order valence-corrected chi connectivity index (χ4v) is 6.96. The number of amides is 1. The van der Waals surface area contributed by atoms with Crippen LogP contribution in [0.1, 0.15) is 34.3 Å². The monoisotopic (exact) mass is 484 g/mol. The lowest BCUT2D eigenvalue weighted by Crippen LogP contribution is -2.48. The highest BCUT2D eigenvalue weighted by atomic mass is 32.2. The van der Waals surface area contributed by atoms with E-state index in [9.17, 15) is 13.2 Å². The predicted molar refractivity (Wildman–Crippen MR) is 132 cm³/mol. The molecule has 0 unspecified atom stereocenters. The molecule has 33 heavy (non-hydrogen) atoms. The van der Waals surface area contributed by atoms with Gasteiger partial charge in [0.05, 0.1) is 15.1 Å². The summed E-state index contributed by atoms with van der Waals surface area (Å²) in [6.07, 6.45) is 1.82. The highest BCUT2D eigenvalue weighted by Gasteiger charge is 2.35. The third-order valence-corrected chi connectivity index (χ3v) is 9.48. The Morgan fingerprint density at radius 3 is 2.36 bits per heavy atom. The molecule has 1 amide bonds. The second-order valence-electron chi connectivity index (χ2n) is 8.98. The average molecular weight is 485 g/mol. The van der Waals surface area contributed by atoms with Crippen LogP contribution in [0, 0.1) is 13.8 Å². The summed E-state index contributed by atoms with van der Waals surface area (Å²) >= 11 is 1.70. The van der Waals surface area contributed by atoms with E-state index < -0.39 is 10.0 Å². The standard InChI is InChI=1S/C24H28N4O3S2/c1-16-14-17(2)22-21(15-16)32-24(25-22)28-12-10-27(11-13-28)23(29)18-4-8-20(9-5-18)33(30,31)26(3)19-6-7-19/h4-5,8-9,14-15,19H,6-7,10-13H2,1-3H3. The van der Waals surface area contributed by atoms with Crippen LogP contribution in [0.25, 0.3) is 10.2 Å². The van der Waals surface area contributed by atoms with Crippen molar-refractivity contribution in [2.24, 2.45) is 0 Å². The van der Waals surface area contributed by atoms with E-state index in [1.807, 2.05) is 4.90 Å². The Morgan fingerprint density at radius 1 is 1.06 bits per heavy atom. The number of hydrogen-bond donors (Lipinski definition) is 0. The van der Waals surface area contributed by atoms with Crippen molar-refractivity contribution in [2.45, 2.75) is 37.6 Å². The number of carbonyl (C=O) groups excluding carboxylic acids is 1. The zero-order chi connectivity index (χ0) is 23.3. The number of hydrogen-bond acceptors (Lipinski definition) is 6. The third-order valence-electron chi connectivity index (χ3n) is 6.50. The van der Waals surface area contributed by atoms with Gasteiger partial charge in [0.2, 0.25) is 10.0 Å².